The fourth-order valence-electron chi connectivity index (χ4n) is 1.52. The van der Waals surface area contributed by atoms with E-state index in [1.54, 1.807) is 13.2 Å². The Morgan fingerprint density at radius 2 is 2.06 bits per heavy atom. The van der Waals surface area contributed by atoms with Crippen molar-refractivity contribution in [3.8, 4) is 11.3 Å². The molecule has 0 unspecified atom stereocenters. The van der Waals surface area contributed by atoms with Gasteiger partial charge in [0.1, 0.15) is 12.4 Å². The average molecular weight is 250 g/mol. The number of halogens is 1. The van der Waals surface area contributed by atoms with Crippen molar-refractivity contribution in [3.63, 3.8) is 0 Å². The van der Waals surface area contributed by atoms with Crippen LogP contribution in [0.5, 0.6) is 0 Å². The van der Waals surface area contributed by atoms with E-state index in [9.17, 15) is 0 Å². The number of rotatable bonds is 3. The molecule has 4 nitrogen and oxygen atoms in total. The summed E-state index contributed by atoms with van der Waals surface area (Å²) in [5, 5.41) is 0.633. The molecular formula is C12H12ClN3O. The number of hydrogen-bond donors (Lipinski definition) is 1. The molecule has 0 fully saturated rings. The first-order valence-electron chi connectivity index (χ1n) is 5.08. The van der Waals surface area contributed by atoms with E-state index in [4.69, 9.17) is 22.1 Å². The molecule has 17 heavy (non-hydrogen) atoms. The monoisotopic (exact) mass is 249 g/mol. The molecule has 1 aromatic heterocycles. The van der Waals surface area contributed by atoms with E-state index in [2.05, 4.69) is 9.97 Å². The second kappa shape index (κ2) is 5.12. The molecule has 0 aliphatic carbocycles. The Labute approximate surface area is 104 Å². The maximum Gasteiger partial charge on any atom is 0.157 e. The van der Waals surface area contributed by atoms with E-state index in [1.165, 1.54) is 0 Å². The molecule has 2 N–H and O–H groups in total. The number of nitrogen functional groups attached to an aromatic ring is 1. The first-order chi connectivity index (χ1) is 8.20. The summed E-state index contributed by atoms with van der Waals surface area (Å²) in [4.78, 5) is 8.43. The third kappa shape index (κ3) is 2.72. The molecule has 0 saturated heterocycles. The van der Waals surface area contributed by atoms with Crippen molar-refractivity contribution in [2.75, 3.05) is 12.8 Å². The predicted octanol–water partition coefficient (Wildman–Crippen LogP) is 2.53. The molecule has 0 atom stereocenters. The Morgan fingerprint density at radius 3 is 2.76 bits per heavy atom. The number of methoxy groups -OCH3 is 1. The Kier molecular flexibility index (Phi) is 3.56. The van der Waals surface area contributed by atoms with Gasteiger partial charge in [-0.3, -0.25) is 0 Å². The van der Waals surface area contributed by atoms with Crippen LogP contribution < -0.4 is 5.73 Å². The number of nitrogens with two attached hydrogens (primary N) is 1. The van der Waals surface area contributed by atoms with Gasteiger partial charge in [0.05, 0.1) is 5.69 Å². The second-order valence-corrected chi connectivity index (χ2v) is 3.91. The Hall–Kier alpha value is -1.65. The zero-order valence-electron chi connectivity index (χ0n) is 9.35. The first-order valence-corrected chi connectivity index (χ1v) is 5.46. The Morgan fingerprint density at radius 1 is 1.29 bits per heavy atom. The summed E-state index contributed by atoms with van der Waals surface area (Å²) in [6, 6.07) is 9.16. The maximum atomic E-state index is 6.11. The quantitative estimate of drug-likeness (QED) is 0.908. The number of benzene rings is 1. The molecule has 88 valence electrons. The minimum Gasteiger partial charge on any atom is -0.384 e. The summed E-state index contributed by atoms with van der Waals surface area (Å²) in [5.41, 5.74) is 7.27. The summed E-state index contributed by atoms with van der Waals surface area (Å²) < 4.78 is 4.99. The summed E-state index contributed by atoms with van der Waals surface area (Å²) >= 11 is 6.11. The topological polar surface area (TPSA) is 61.0 Å². The average Bonchev–Trinajstić information content (AvgIpc) is 2.29. The molecule has 0 spiro atoms. The van der Waals surface area contributed by atoms with E-state index in [-0.39, 0.29) is 0 Å². The molecule has 1 heterocycles. The van der Waals surface area contributed by atoms with Crippen LogP contribution in [-0.4, -0.2) is 17.1 Å². The zero-order chi connectivity index (χ0) is 12.3. The number of aromatic nitrogens is 2. The van der Waals surface area contributed by atoms with Crippen LogP contribution in [0.15, 0.2) is 30.3 Å². The van der Waals surface area contributed by atoms with E-state index < -0.39 is 0 Å². The van der Waals surface area contributed by atoms with Crippen LogP contribution in [0.1, 0.15) is 5.82 Å². The van der Waals surface area contributed by atoms with Gasteiger partial charge in [0.2, 0.25) is 0 Å². The minimum absolute atomic E-state index is 0.322. The molecule has 0 radical (unpaired) electrons. The number of ether oxygens (including phenoxy) is 1. The molecule has 1 aromatic carbocycles. The Balaban J connectivity index is 2.48. The largest absolute Gasteiger partial charge is 0.384 e. The van der Waals surface area contributed by atoms with Crippen molar-refractivity contribution >= 4 is 17.4 Å². The second-order valence-electron chi connectivity index (χ2n) is 3.51. The highest BCUT2D eigenvalue weighted by Gasteiger charge is 2.07. The third-order valence-corrected chi connectivity index (χ3v) is 2.55. The lowest BCUT2D eigenvalue weighted by Crippen LogP contribution is -2.02. The molecule has 0 amide bonds. The summed E-state index contributed by atoms with van der Waals surface area (Å²) in [5.74, 6) is 0.949. The summed E-state index contributed by atoms with van der Waals surface area (Å²) in [6.07, 6.45) is 0. The molecule has 0 aliphatic rings. The van der Waals surface area contributed by atoms with Gasteiger partial charge in [0, 0.05) is 23.8 Å². The first kappa shape index (κ1) is 11.8. The molecule has 5 heteroatoms. The number of hydrogen-bond acceptors (Lipinski definition) is 4. The molecule has 2 aromatic rings. The van der Waals surface area contributed by atoms with Gasteiger partial charge < -0.3 is 10.5 Å². The maximum absolute atomic E-state index is 6.11. The number of anilines is 1. The van der Waals surface area contributed by atoms with Crippen LogP contribution in [0.2, 0.25) is 5.02 Å². The lowest BCUT2D eigenvalue weighted by atomic mass is 10.1. The van der Waals surface area contributed by atoms with Gasteiger partial charge in [0.25, 0.3) is 0 Å². The van der Waals surface area contributed by atoms with Crippen LogP contribution in [0.3, 0.4) is 0 Å². The molecule has 0 saturated carbocycles. The van der Waals surface area contributed by atoms with Gasteiger partial charge in [-0.05, 0) is 6.07 Å². The van der Waals surface area contributed by atoms with Crippen LogP contribution in [0.4, 0.5) is 5.82 Å². The smallest absolute Gasteiger partial charge is 0.157 e. The van der Waals surface area contributed by atoms with Crippen molar-refractivity contribution in [1.82, 2.24) is 9.97 Å². The highest BCUT2D eigenvalue weighted by molar-refractivity contribution is 6.33. The van der Waals surface area contributed by atoms with Crippen LogP contribution in [-0.2, 0) is 11.3 Å². The van der Waals surface area contributed by atoms with Gasteiger partial charge in [-0.15, -0.1) is 0 Å². The van der Waals surface area contributed by atoms with Crippen molar-refractivity contribution in [3.05, 3.63) is 41.2 Å². The van der Waals surface area contributed by atoms with Gasteiger partial charge >= 0.3 is 0 Å². The van der Waals surface area contributed by atoms with Crippen LogP contribution in [0.25, 0.3) is 11.3 Å². The van der Waals surface area contributed by atoms with Gasteiger partial charge in [-0.2, -0.15) is 0 Å². The van der Waals surface area contributed by atoms with Crippen LogP contribution >= 0.6 is 11.6 Å². The van der Waals surface area contributed by atoms with Gasteiger partial charge in [-0.1, -0.05) is 29.8 Å². The van der Waals surface area contributed by atoms with Crippen molar-refractivity contribution in [2.45, 2.75) is 6.61 Å². The fourth-order valence-corrected chi connectivity index (χ4v) is 1.75. The highest BCUT2D eigenvalue weighted by Crippen LogP contribution is 2.26. The van der Waals surface area contributed by atoms with E-state index in [0.29, 0.717) is 29.0 Å². The van der Waals surface area contributed by atoms with Crippen molar-refractivity contribution in [2.24, 2.45) is 0 Å². The Bertz CT molecular complexity index is 531. The third-order valence-electron chi connectivity index (χ3n) is 2.22. The zero-order valence-corrected chi connectivity index (χ0v) is 10.1. The standard InChI is InChI=1S/C12H12ClN3O/c1-17-7-12-15-10(6-11(14)16-12)8-4-2-3-5-9(8)13/h2-6H,7H2,1H3,(H2,14,15,16). The SMILES string of the molecule is COCc1nc(N)cc(-c2ccccc2Cl)n1. The molecular weight excluding hydrogens is 238 g/mol. The lowest BCUT2D eigenvalue weighted by Gasteiger charge is -2.06. The highest BCUT2D eigenvalue weighted by atomic mass is 35.5. The number of nitrogens with zero attached hydrogens (tertiary/aromatic N) is 2. The molecule has 2 rings (SSSR count). The van der Waals surface area contributed by atoms with Crippen molar-refractivity contribution in [1.29, 1.82) is 0 Å². The normalized spacial score (nSPS) is 10.5. The van der Waals surface area contributed by atoms with Crippen molar-refractivity contribution < 1.29 is 4.74 Å². The fraction of sp³-hybridized carbons (Fsp3) is 0.167. The van der Waals surface area contributed by atoms with Gasteiger partial charge in [-0.25, -0.2) is 9.97 Å². The molecule has 0 aliphatic heterocycles. The minimum atomic E-state index is 0.322. The van der Waals surface area contributed by atoms with Crippen LogP contribution in [0, 0.1) is 0 Å². The molecule has 0 bridgehead atoms. The summed E-state index contributed by atoms with van der Waals surface area (Å²) in [6.45, 7) is 0.322. The predicted molar refractivity (Wildman–Crippen MR) is 67.6 cm³/mol. The van der Waals surface area contributed by atoms with E-state index in [1.807, 2.05) is 24.3 Å². The van der Waals surface area contributed by atoms with Gasteiger partial charge in [0.15, 0.2) is 5.82 Å². The lowest BCUT2D eigenvalue weighted by molar-refractivity contribution is 0.178. The van der Waals surface area contributed by atoms with E-state index in [0.717, 1.165) is 5.56 Å². The summed E-state index contributed by atoms with van der Waals surface area (Å²) in [7, 11) is 1.59. The van der Waals surface area contributed by atoms with E-state index >= 15 is 0 Å².